The fourth-order valence-corrected chi connectivity index (χ4v) is 2.27. The second-order valence-electron chi connectivity index (χ2n) is 4.59. The van der Waals surface area contributed by atoms with Crippen molar-refractivity contribution in [2.24, 2.45) is 11.7 Å². The molecule has 1 saturated heterocycles. The van der Waals surface area contributed by atoms with Gasteiger partial charge in [-0.15, -0.1) is 0 Å². The summed E-state index contributed by atoms with van der Waals surface area (Å²) in [4.78, 5) is 12.0. The van der Waals surface area contributed by atoms with Gasteiger partial charge in [-0.3, -0.25) is 4.79 Å². The van der Waals surface area contributed by atoms with E-state index in [0.29, 0.717) is 18.9 Å². The van der Waals surface area contributed by atoms with Crippen LogP contribution >= 0.6 is 11.6 Å². The summed E-state index contributed by atoms with van der Waals surface area (Å²) in [6, 6.07) is 3.44. The maximum atomic E-state index is 13.0. The molecule has 1 aliphatic heterocycles. The monoisotopic (exact) mass is 286 g/mol. The minimum atomic E-state index is -0.590. The van der Waals surface area contributed by atoms with Crippen molar-refractivity contribution >= 4 is 23.2 Å². The number of halogens is 2. The van der Waals surface area contributed by atoms with Gasteiger partial charge in [-0.05, 0) is 37.0 Å². The normalized spacial score (nSPS) is 18.1. The predicted octanol–water partition coefficient (Wildman–Crippen LogP) is 2.17. The second-order valence-corrected chi connectivity index (χ2v) is 5.00. The molecule has 1 atom stereocenters. The summed E-state index contributed by atoms with van der Waals surface area (Å²) in [5, 5.41) is 2.62. The molecule has 19 heavy (non-hydrogen) atoms. The number of amides is 1. The van der Waals surface area contributed by atoms with E-state index in [1.807, 2.05) is 0 Å². The van der Waals surface area contributed by atoms with Crippen LogP contribution in [0.1, 0.15) is 12.8 Å². The third kappa shape index (κ3) is 3.65. The van der Waals surface area contributed by atoms with Gasteiger partial charge in [0.25, 0.3) is 0 Å². The molecule has 1 heterocycles. The summed E-state index contributed by atoms with van der Waals surface area (Å²) in [5.41, 5.74) is 6.38. The number of benzene rings is 1. The molecule has 1 aliphatic rings. The molecule has 1 fully saturated rings. The van der Waals surface area contributed by atoms with Gasteiger partial charge in [-0.25, -0.2) is 4.39 Å². The minimum absolute atomic E-state index is 0.0302. The quantitative estimate of drug-likeness (QED) is 0.895. The Morgan fingerprint density at radius 1 is 1.47 bits per heavy atom. The van der Waals surface area contributed by atoms with Gasteiger partial charge in [0, 0.05) is 18.9 Å². The number of nitrogens with one attached hydrogen (secondary N) is 1. The summed E-state index contributed by atoms with van der Waals surface area (Å²) < 4.78 is 18.2. The van der Waals surface area contributed by atoms with E-state index >= 15 is 0 Å². The zero-order valence-corrected chi connectivity index (χ0v) is 11.1. The molecule has 6 heteroatoms. The summed E-state index contributed by atoms with van der Waals surface area (Å²) in [6.07, 6.45) is 1.55. The molecule has 4 nitrogen and oxygen atoms in total. The van der Waals surface area contributed by atoms with Crippen molar-refractivity contribution in [2.75, 3.05) is 18.5 Å². The maximum absolute atomic E-state index is 13.0. The van der Waals surface area contributed by atoms with Crippen molar-refractivity contribution in [1.82, 2.24) is 0 Å². The van der Waals surface area contributed by atoms with Crippen LogP contribution in [0.3, 0.4) is 0 Å². The van der Waals surface area contributed by atoms with Crippen LogP contribution in [-0.2, 0) is 9.53 Å². The van der Waals surface area contributed by atoms with Crippen molar-refractivity contribution in [3.8, 4) is 0 Å². The average Bonchev–Trinajstić information content (AvgIpc) is 2.43. The number of carbonyl (C=O) groups excluding carboxylic acids is 1. The molecule has 0 aliphatic carbocycles. The first kappa shape index (κ1) is 14.2. The zero-order chi connectivity index (χ0) is 13.8. The summed E-state index contributed by atoms with van der Waals surface area (Å²) in [7, 11) is 0. The van der Waals surface area contributed by atoms with Crippen molar-refractivity contribution in [3.63, 3.8) is 0 Å². The SMILES string of the molecule is NC(C(=O)Nc1ccc(F)c(Cl)c1)C1CCOCC1. The number of ether oxygens (including phenoxy) is 1. The van der Waals surface area contributed by atoms with E-state index in [2.05, 4.69) is 5.32 Å². The van der Waals surface area contributed by atoms with Crippen LogP contribution in [0.2, 0.25) is 5.02 Å². The molecule has 0 saturated carbocycles. The van der Waals surface area contributed by atoms with Gasteiger partial charge < -0.3 is 15.8 Å². The Kier molecular flexibility index (Phi) is 4.74. The van der Waals surface area contributed by atoms with E-state index < -0.39 is 11.9 Å². The first-order valence-corrected chi connectivity index (χ1v) is 6.55. The van der Waals surface area contributed by atoms with Crippen molar-refractivity contribution < 1.29 is 13.9 Å². The van der Waals surface area contributed by atoms with Gasteiger partial charge in [-0.2, -0.15) is 0 Å². The van der Waals surface area contributed by atoms with Gasteiger partial charge in [0.05, 0.1) is 11.1 Å². The third-order valence-electron chi connectivity index (χ3n) is 3.26. The van der Waals surface area contributed by atoms with E-state index in [-0.39, 0.29) is 16.8 Å². The first-order valence-electron chi connectivity index (χ1n) is 6.17. The number of hydrogen-bond acceptors (Lipinski definition) is 3. The van der Waals surface area contributed by atoms with Gasteiger partial charge in [-0.1, -0.05) is 11.6 Å². The highest BCUT2D eigenvalue weighted by atomic mass is 35.5. The van der Waals surface area contributed by atoms with Crippen LogP contribution in [0.25, 0.3) is 0 Å². The van der Waals surface area contributed by atoms with Gasteiger partial charge in [0.1, 0.15) is 5.82 Å². The lowest BCUT2D eigenvalue weighted by molar-refractivity contribution is -0.119. The summed E-state index contributed by atoms with van der Waals surface area (Å²) in [6.45, 7) is 1.27. The lowest BCUT2D eigenvalue weighted by Crippen LogP contribution is -2.44. The Bertz CT molecular complexity index is 464. The number of rotatable bonds is 3. The highest BCUT2D eigenvalue weighted by Crippen LogP contribution is 2.21. The number of carbonyl (C=O) groups is 1. The fourth-order valence-electron chi connectivity index (χ4n) is 2.09. The molecule has 3 N–H and O–H groups in total. The van der Waals surface area contributed by atoms with E-state index in [9.17, 15) is 9.18 Å². The third-order valence-corrected chi connectivity index (χ3v) is 3.55. The molecular weight excluding hydrogens is 271 g/mol. The van der Waals surface area contributed by atoms with E-state index in [1.54, 1.807) is 0 Å². The van der Waals surface area contributed by atoms with Crippen LogP contribution in [-0.4, -0.2) is 25.2 Å². The zero-order valence-electron chi connectivity index (χ0n) is 10.4. The highest BCUT2D eigenvalue weighted by Gasteiger charge is 2.26. The van der Waals surface area contributed by atoms with Gasteiger partial charge in [0.15, 0.2) is 0 Å². The maximum Gasteiger partial charge on any atom is 0.241 e. The van der Waals surface area contributed by atoms with Crippen LogP contribution in [0.5, 0.6) is 0 Å². The molecule has 0 aromatic heterocycles. The standard InChI is InChI=1S/C13H16ClFN2O2/c14-10-7-9(1-2-11(10)15)17-13(18)12(16)8-3-5-19-6-4-8/h1-2,7-8,12H,3-6,16H2,(H,17,18). The van der Waals surface area contributed by atoms with Crippen LogP contribution < -0.4 is 11.1 Å². The van der Waals surface area contributed by atoms with Crippen LogP contribution in [0.4, 0.5) is 10.1 Å². The fraction of sp³-hybridized carbons (Fsp3) is 0.462. The highest BCUT2D eigenvalue weighted by molar-refractivity contribution is 6.31. The first-order chi connectivity index (χ1) is 9.08. The second kappa shape index (κ2) is 6.32. The molecule has 1 unspecified atom stereocenters. The summed E-state index contributed by atoms with van der Waals surface area (Å²) in [5.74, 6) is -0.687. The Balaban J connectivity index is 1.97. The van der Waals surface area contributed by atoms with E-state index in [1.165, 1.54) is 18.2 Å². The Labute approximate surface area is 116 Å². The molecule has 2 rings (SSSR count). The summed E-state index contributed by atoms with van der Waals surface area (Å²) >= 11 is 5.65. The predicted molar refractivity (Wildman–Crippen MR) is 71.6 cm³/mol. The topological polar surface area (TPSA) is 64.4 Å². The van der Waals surface area contributed by atoms with E-state index in [4.69, 9.17) is 22.1 Å². The number of nitrogens with two attached hydrogens (primary N) is 1. The van der Waals surface area contributed by atoms with Gasteiger partial charge >= 0.3 is 0 Å². The Morgan fingerprint density at radius 3 is 2.79 bits per heavy atom. The average molecular weight is 287 g/mol. The largest absolute Gasteiger partial charge is 0.381 e. The molecule has 0 radical (unpaired) electrons. The number of hydrogen-bond donors (Lipinski definition) is 2. The molecule has 1 aromatic carbocycles. The molecule has 1 aromatic rings. The lowest BCUT2D eigenvalue weighted by Gasteiger charge is -2.26. The molecule has 0 spiro atoms. The van der Waals surface area contributed by atoms with Crippen LogP contribution in [0.15, 0.2) is 18.2 Å². The smallest absolute Gasteiger partial charge is 0.241 e. The van der Waals surface area contributed by atoms with Crippen molar-refractivity contribution in [1.29, 1.82) is 0 Å². The van der Waals surface area contributed by atoms with Crippen molar-refractivity contribution in [2.45, 2.75) is 18.9 Å². The van der Waals surface area contributed by atoms with Crippen LogP contribution in [0, 0.1) is 11.7 Å². The molecule has 0 bridgehead atoms. The lowest BCUT2D eigenvalue weighted by atomic mass is 9.92. The molecule has 1 amide bonds. The Morgan fingerprint density at radius 2 is 2.16 bits per heavy atom. The van der Waals surface area contributed by atoms with Gasteiger partial charge in [0.2, 0.25) is 5.91 Å². The number of anilines is 1. The Hall–Kier alpha value is -1.17. The molecule has 104 valence electrons. The van der Waals surface area contributed by atoms with Crippen molar-refractivity contribution in [3.05, 3.63) is 29.0 Å². The minimum Gasteiger partial charge on any atom is -0.381 e. The van der Waals surface area contributed by atoms with E-state index in [0.717, 1.165) is 12.8 Å². The molecular formula is C13H16ClFN2O2.